The molecule has 1 heterocycles. The van der Waals surface area contributed by atoms with Gasteiger partial charge in [0.15, 0.2) is 0 Å². The van der Waals surface area contributed by atoms with Gasteiger partial charge in [-0.1, -0.05) is 18.7 Å². The Balaban J connectivity index is 2.67. The first-order chi connectivity index (χ1) is 12.5. The number of nitrogens with zero attached hydrogens (tertiary/aromatic N) is 3. The van der Waals surface area contributed by atoms with E-state index in [1.54, 1.807) is 12.3 Å². The van der Waals surface area contributed by atoms with Gasteiger partial charge in [0.2, 0.25) is 0 Å². The van der Waals surface area contributed by atoms with Crippen LogP contribution in [0, 0.1) is 5.41 Å². The maximum absolute atomic E-state index is 12.5. The maximum Gasteiger partial charge on any atom is 0.136 e. The molecular weight excluding hydrogens is 351 g/mol. The van der Waals surface area contributed by atoms with Crippen molar-refractivity contribution in [1.82, 2.24) is 15.5 Å². The molecule has 0 spiro atoms. The summed E-state index contributed by atoms with van der Waals surface area (Å²) in [6.45, 7) is 5.88. The zero-order valence-electron chi connectivity index (χ0n) is 16.0. The Hall–Kier alpha value is -1.93. The lowest BCUT2D eigenvalue weighted by atomic mass is 10.4. The molecule has 0 amide bonds. The van der Waals surface area contributed by atoms with Gasteiger partial charge in [0.1, 0.15) is 16.6 Å². The SMILES string of the molecule is CCCNCCC1=N/C(=C(\NC/C=N/C=C\C=C(/C)F)N(C)C)C(=N)S1. The number of halogens is 1. The van der Waals surface area contributed by atoms with E-state index in [0.29, 0.717) is 17.3 Å². The summed E-state index contributed by atoms with van der Waals surface area (Å²) >= 11 is 1.41. The number of aliphatic imine (C=N–C) groups is 2. The van der Waals surface area contributed by atoms with Gasteiger partial charge in [-0.05, 0) is 32.0 Å². The molecule has 0 aromatic carbocycles. The monoisotopic (exact) mass is 380 g/mol. The topological polar surface area (TPSA) is 75.9 Å². The molecule has 0 radical (unpaired) electrons. The Bertz CT molecular complexity index is 615. The lowest BCUT2D eigenvalue weighted by molar-refractivity contribution is 0.467. The van der Waals surface area contributed by atoms with Crippen molar-refractivity contribution < 1.29 is 4.39 Å². The second kappa shape index (κ2) is 12.4. The summed E-state index contributed by atoms with van der Waals surface area (Å²) in [4.78, 5) is 10.6. The first-order valence-electron chi connectivity index (χ1n) is 8.66. The van der Waals surface area contributed by atoms with Gasteiger partial charge >= 0.3 is 0 Å². The number of nitrogens with one attached hydrogen (secondary N) is 3. The van der Waals surface area contributed by atoms with Crippen LogP contribution in [0.25, 0.3) is 0 Å². The van der Waals surface area contributed by atoms with Crippen molar-refractivity contribution in [2.45, 2.75) is 26.7 Å². The van der Waals surface area contributed by atoms with Gasteiger partial charge < -0.3 is 15.5 Å². The van der Waals surface area contributed by atoms with Crippen LogP contribution in [0.4, 0.5) is 4.39 Å². The summed E-state index contributed by atoms with van der Waals surface area (Å²) in [6.07, 6.45) is 8.04. The van der Waals surface area contributed by atoms with Gasteiger partial charge in [-0.2, -0.15) is 0 Å². The van der Waals surface area contributed by atoms with Crippen molar-refractivity contribution in [3.63, 3.8) is 0 Å². The molecule has 1 aliphatic heterocycles. The number of hydrogen-bond acceptors (Lipinski definition) is 7. The van der Waals surface area contributed by atoms with E-state index in [4.69, 9.17) is 5.41 Å². The number of hydrogen-bond donors (Lipinski definition) is 3. The van der Waals surface area contributed by atoms with Crippen LogP contribution >= 0.6 is 11.8 Å². The largest absolute Gasteiger partial charge is 0.365 e. The molecule has 144 valence electrons. The quantitative estimate of drug-likeness (QED) is 0.292. The molecule has 0 aromatic heterocycles. The van der Waals surface area contributed by atoms with Crippen LogP contribution in [-0.2, 0) is 0 Å². The second-order valence-corrected chi connectivity index (χ2v) is 6.92. The molecule has 0 unspecified atom stereocenters. The maximum atomic E-state index is 12.5. The highest BCUT2D eigenvalue weighted by molar-refractivity contribution is 8.27. The molecule has 3 N–H and O–H groups in total. The fourth-order valence-electron chi connectivity index (χ4n) is 2.06. The minimum Gasteiger partial charge on any atom is -0.365 e. The third-order valence-electron chi connectivity index (χ3n) is 3.25. The Morgan fingerprint density at radius 3 is 2.81 bits per heavy atom. The molecule has 1 rings (SSSR count). The highest BCUT2D eigenvalue weighted by Gasteiger charge is 2.23. The van der Waals surface area contributed by atoms with E-state index in [2.05, 4.69) is 27.5 Å². The molecule has 0 aliphatic carbocycles. The van der Waals surface area contributed by atoms with Crippen molar-refractivity contribution in [2.75, 3.05) is 33.7 Å². The highest BCUT2D eigenvalue weighted by atomic mass is 32.2. The number of thioether (sulfide) groups is 1. The summed E-state index contributed by atoms with van der Waals surface area (Å²) in [6, 6.07) is 0. The average molecular weight is 381 g/mol. The van der Waals surface area contributed by atoms with Crippen LogP contribution in [0.5, 0.6) is 0 Å². The van der Waals surface area contributed by atoms with E-state index in [1.165, 1.54) is 31.0 Å². The third kappa shape index (κ3) is 8.44. The number of allylic oxidation sites excluding steroid dienone is 3. The summed E-state index contributed by atoms with van der Waals surface area (Å²) in [7, 11) is 3.82. The zero-order chi connectivity index (χ0) is 19.4. The summed E-state index contributed by atoms with van der Waals surface area (Å²) in [5.41, 5.74) is 0.658. The van der Waals surface area contributed by atoms with Crippen molar-refractivity contribution in [2.24, 2.45) is 9.98 Å². The van der Waals surface area contributed by atoms with E-state index in [9.17, 15) is 4.39 Å². The van der Waals surface area contributed by atoms with Crippen LogP contribution in [0.1, 0.15) is 26.7 Å². The van der Waals surface area contributed by atoms with Gasteiger partial charge in [0.25, 0.3) is 0 Å². The fraction of sp³-hybridized carbons (Fsp3) is 0.500. The van der Waals surface area contributed by atoms with E-state index in [1.807, 2.05) is 19.0 Å². The lowest BCUT2D eigenvalue weighted by Crippen LogP contribution is -2.29. The van der Waals surface area contributed by atoms with Crippen molar-refractivity contribution in [3.05, 3.63) is 35.7 Å². The van der Waals surface area contributed by atoms with Gasteiger partial charge in [-0.3, -0.25) is 10.4 Å². The molecule has 0 saturated heterocycles. The molecular formula is C18H29FN6S. The van der Waals surface area contributed by atoms with Crippen LogP contribution in [0.15, 0.2) is 45.7 Å². The van der Waals surface area contributed by atoms with Crippen LogP contribution in [-0.4, -0.2) is 54.9 Å². The number of rotatable bonds is 11. The molecule has 0 saturated carbocycles. The second-order valence-electron chi connectivity index (χ2n) is 5.84. The van der Waals surface area contributed by atoms with Crippen molar-refractivity contribution >= 4 is 28.1 Å². The molecule has 26 heavy (non-hydrogen) atoms. The Morgan fingerprint density at radius 2 is 2.15 bits per heavy atom. The predicted octanol–water partition coefficient (Wildman–Crippen LogP) is 3.28. The summed E-state index contributed by atoms with van der Waals surface area (Å²) in [5.74, 6) is 0.527. The van der Waals surface area contributed by atoms with Crippen LogP contribution in [0.3, 0.4) is 0 Å². The van der Waals surface area contributed by atoms with Crippen molar-refractivity contribution in [1.29, 1.82) is 5.41 Å². The van der Waals surface area contributed by atoms with E-state index >= 15 is 0 Å². The third-order valence-corrected chi connectivity index (χ3v) is 4.18. The molecule has 0 atom stereocenters. The van der Waals surface area contributed by atoms with Crippen LogP contribution in [0.2, 0.25) is 0 Å². The first-order valence-corrected chi connectivity index (χ1v) is 9.48. The van der Waals surface area contributed by atoms with Gasteiger partial charge in [-0.15, -0.1) is 0 Å². The normalized spacial score (nSPS) is 17.3. The minimum absolute atomic E-state index is 0.259. The van der Waals surface area contributed by atoms with E-state index in [-0.39, 0.29) is 5.83 Å². The molecule has 6 nitrogen and oxygen atoms in total. The molecule has 0 bridgehead atoms. The Labute approximate surface area is 159 Å². The van der Waals surface area contributed by atoms with E-state index < -0.39 is 0 Å². The van der Waals surface area contributed by atoms with Gasteiger partial charge in [-0.25, -0.2) is 9.38 Å². The summed E-state index contributed by atoms with van der Waals surface area (Å²) < 4.78 is 12.5. The van der Waals surface area contributed by atoms with Crippen molar-refractivity contribution in [3.8, 4) is 0 Å². The Morgan fingerprint density at radius 1 is 1.38 bits per heavy atom. The predicted molar refractivity (Wildman–Crippen MR) is 112 cm³/mol. The standard InChI is InChI=1S/C18H29FN6S/c1-5-9-21-11-8-15-24-16(17(20)26-15)18(25(3)4)23-13-12-22-10-6-7-14(2)19/h6-7,10,12,20-21,23H,5,8-9,11,13H2,1-4H3/b10-6-,14-7+,18-16+,20-17?,22-12+. The first kappa shape index (κ1) is 22.1. The lowest BCUT2D eigenvalue weighted by Gasteiger charge is -2.19. The molecule has 8 heteroatoms. The van der Waals surface area contributed by atoms with Gasteiger partial charge in [0, 0.05) is 39.5 Å². The molecule has 0 aromatic rings. The molecule has 1 aliphatic rings. The minimum atomic E-state index is -0.259. The summed E-state index contributed by atoms with van der Waals surface area (Å²) in [5, 5.41) is 16.2. The van der Waals surface area contributed by atoms with E-state index in [0.717, 1.165) is 36.8 Å². The molecule has 0 fully saturated rings. The smallest absolute Gasteiger partial charge is 0.136 e. The van der Waals surface area contributed by atoms with Gasteiger partial charge in [0.05, 0.1) is 17.4 Å². The average Bonchev–Trinajstić information content (AvgIpc) is 2.94. The fourth-order valence-corrected chi connectivity index (χ4v) is 2.88. The van der Waals surface area contributed by atoms with Crippen LogP contribution < -0.4 is 10.6 Å². The highest BCUT2D eigenvalue weighted by Crippen LogP contribution is 2.27. The Kier molecular flexibility index (Phi) is 10.6. The zero-order valence-corrected chi connectivity index (χ0v) is 16.8.